The number of nitrogens with zero attached hydrogens (tertiary/aromatic N) is 1. The minimum absolute atomic E-state index is 0.0507. The smallest absolute Gasteiger partial charge is 0.261 e. The van der Waals surface area contributed by atoms with E-state index in [2.05, 4.69) is 21.2 Å². The molecule has 178 valence electrons. The molecule has 2 amide bonds. The number of halogens is 1. The Hall–Kier alpha value is -2.34. The van der Waals surface area contributed by atoms with Gasteiger partial charge in [-0.1, -0.05) is 72.4 Å². The minimum Gasteiger partial charge on any atom is -0.484 e. The van der Waals surface area contributed by atoms with Gasteiger partial charge in [0.15, 0.2) is 6.61 Å². The van der Waals surface area contributed by atoms with Crippen molar-refractivity contribution in [2.75, 3.05) is 13.2 Å². The van der Waals surface area contributed by atoms with E-state index in [0.29, 0.717) is 25.1 Å². The number of amides is 2. The average molecular weight is 515 g/mol. The van der Waals surface area contributed by atoms with Gasteiger partial charge >= 0.3 is 0 Å². The molecule has 0 heterocycles. The molecule has 33 heavy (non-hydrogen) atoms. The van der Waals surface area contributed by atoms with E-state index in [1.807, 2.05) is 62.4 Å². The molecule has 1 aliphatic rings. The third kappa shape index (κ3) is 7.60. The Morgan fingerprint density at radius 2 is 1.85 bits per heavy atom. The van der Waals surface area contributed by atoms with Crippen LogP contribution in [0.4, 0.5) is 0 Å². The Kier molecular flexibility index (Phi) is 9.79. The van der Waals surface area contributed by atoms with E-state index in [0.717, 1.165) is 41.3 Å². The van der Waals surface area contributed by atoms with Gasteiger partial charge in [0.25, 0.3) is 5.91 Å². The van der Waals surface area contributed by atoms with Crippen molar-refractivity contribution in [1.82, 2.24) is 10.2 Å². The van der Waals surface area contributed by atoms with Crippen LogP contribution in [-0.2, 0) is 16.0 Å². The number of aryl methyl sites for hydroxylation is 1. The Morgan fingerprint density at radius 3 is 2.52 bits per heavy atom. The van der Waals surface area contributed by atoms with Gasteiger partial charge in [0.2, 0.25) is 5.91 Å². The lowest BCUT2D eigenvalue weighted by Crippen LogP contribution is -2.53. The number of hydrogen-bond donors (Lipinski definition) is 1. The summed E-state index contributed by atoms with van der Waals surface area (Å²) < 4.78 is 6.81. The Labute approximate surface area is 206 Å². The van der Waals surface area contributed by atoms with Crippen LogP contribution in [-0.4, -0.2) is 41.9 Å². The maximum absolute atomic E-state index is 13.3. The van der Waals surface area contributed by atoms with Crippen LogP contribution in [0.15, 0.2) is 53.0 Å². The molecule has 5 nitrogen and oxygen atoms in total. The van der Waals surface area contributed by atoms with Crippen LogP contribution in [0.1, 0.15) is 56.6 Å². The summed E-state index contributed by atoms with van der Waals surface area (Å²) in [5.74, 6) is 0.425. The van der Waals surface area contributed by atoms with Crippen LogP contribution in [0.2, 0.25) is 0 Å². The van der Waals surface area contributed by atoms with Crippen LogP contribution < -0.4 is 10.1 Å². The van der Waals surface area contributed by atoms with Gasteiger partial charge in [-0.2, -0.15) is 0 Å². The van der Waals surface area contributed by atoms with Crippen molar-refractivity contribution in [3.63, 3.8) is 0 Å². The molecule has 0 aromatic heterocycles. The maximum Gasteiger partial charge on any atom is 0.261 e. The van der Waals surface area contributed by atoms with Crippen molar-refractivity contribution in [3.05, 3.63) is 64.1 Å². The van der Waals surface area contributed by atoms with E-state index in [4.69, 9.17) is 4.74 Å². The van der Waals surface area contributed by atoms with E-state index in [9.17, 15) is 9.59 Å². The molecule has 1 saturated carbocycles. The molecule has 0 radical (unpaired) electrons. The third-order valence-electron chi connectivity index (χ3n) is 6.31. The fraction of sp³-hybridized carbons (Fsp3) is 0.481. The second kappa shape index (κ2) is 12.8. The molecule has 2 aromatic carbocycles. The van der Waals surface area contributed by atoms with Gasteiger partial charge in [0.1, 0.15) is 11.8 Å². The number of carbonyl (C=O) groups excluding carboxylic acids is 2. The summed E-state index contributed by atoms with van der Waals surface area (Å²) in [7, 11) is 0. The normalized spacial score (nSPS) is 15.0. The average Bonchev–Trinajstić information content (AvgIpc) is 2.83. The number of ether oxygens (including phenoxy) is 1. The lowest BCUT2D eigenvalue weighted by Gasteiger charge is -2.32. The van der Waals surface area contributed by atoms with Crippen molar-refractivity contribution >= 4 is 27.7 Å². The summed E-state index contributed by atoms with van der Waals surface area (Å²) >= 11 is 3.49. The number of rotatable bonds is 10. The summed E-state index contributed by atoms with van der Waals surface area (Å²) in [5.41, 5.74) is 2.18. The number of hydrogen-bond acceptors (Lipinski definition) is 3. The van der Waals surface area contributed by atoms with E-state index in [1.54, 1.807) is 4.90 Å². The molecule has 6 heteroatoms. The van der Waals surface area contributed by atoms with E-state index in [1.165, 1.54) is 6.42 Å². The highest BCUT2D eigenvalue weighted by molar-refractivity contribution is 9.10. The first kappa shape index (κ1) is 25.3. The SMILES string of the molecule is CC[C@@H](C(=O)NC1CCCCC1)N(CCc1ccccc1)C(=O)COc1ccc(Br)c(C)c1. The molecular weight excluding hydrogens is 480 g/mol. The largest absolute Gasteiger partial charge is 0.484 e. The fourth-order valence-corrected chi connectivity index (χ4v) is 4.62. The molecule has 1 aliphatic carbocycles. The van der Waals surface area contributed by atoms with E-state index >= 15 is 0 Å². The minimum atomic E-state index is -0.501. The lowest BCUT2D eigenvalue weighted by atomic mass is 9.95. The van der Waals surface area contributed by atoms with Gasteiger partial charge in [0, 0.05) is 17.1 Å². The third-order valence-corrected chi connectivity index (χ3v) is 7.20. The molecule has 0 unspecified atom stereocenters. The van der Waals surface area contributed by atoms with Crippen LogP contribution in [0, 0.1) is 6.92 Å². The Bertz CT molecular complexity index is 913. The van der Waals surface area contributed by atoms with Crippen molar-refractivity contribution in [1.29, 1.82) is 0 Å². The van der Waals surface area contributed by atoms with E-state index in [-0.39, 0.29) is 24.5 Å². The highest BCUT2D eigenvalue weighted by Gasteiger charge is 2.30. The van der Waals surface area contributed by atoms with Crippen molar-refractivity contribution < 1.29 is 14.3 Å². The molecule has 0 aliphatic heterocycles. The van der Waals surface area contributed by atoms with Gasteiger partial charge in [-0.15, -0.1) is 0 Å². The molecule has 1 N–H and O–H groups in total. The summed E-state index contributed by atoms with van der Waals surface area (Å²) in [6, 6.07) is 15.4. The quantitative estimate of drug-likeness (QED) is 0.459. The lowest BCUT2D eigenvalue weighted by molar-refractivity contribution is -0.142. The second-order valence-electron chi connectivity index (χ2n) is 8.79. The van der Waals surface area contributed by atoms with Crippen molar-refractivity contribution in [2.45, 2.75) is 70.9 Å². The summed E-state index contributed by atoms with van der Waals surface area (Å²) in [6.45, 7) is 4.33. The molecule has 3 rings (SSSR count). The molecule has 0 spiro atoms. The topological polar surface area (TPSA) is 58.6 Å². The van der Waals surface area contributed by atoms with Gasteiger partial charge in [0.05, 0.1) is 0 Å². The van der Waals surface area contributed by atoms with Crippen molar-refractivity contribution in [3.8, 4) is 5.75 Å². The highest BCUT2D eigenvalue weighted by atomic mass is 79.9. The first-order chi connectivity index (χ1) is 16.0. The van der Waals surface area contributed by atoms with Gasteiger partial charge in [-0.05, 0) is 61.9 Å². The predicted molar refractivity (Wildman–Crippen MR) is 135 cm³/mol. The zero-order valence-electron chi connectivity index (χ0n) is 19.7. The maximum atomic E-state index is 13.3. The molecule has 0 bridgehead atoms. The zero-order chi connectivity index (χ0) is 23.6. The summed E-state index contributed by atoms with van der Waals surface area (Å²) in [5, 5.41) is 3.21. The zero-order valence-corrected chi connectivity index (χ0v) is 21.3. The molecular formula is C27H35BrN2O3. The van der Waals surface area contributed by atoms with Crippen LogP contribution in [0.5, 0.6) is 5.75 Å². The first-order valence-electron chi connectivity index (χ1n) is 12.0. The fourth-order valence-electron chi connectivity index (χ4n) is 4.38. The highest BCUT2D eigenvalue weighted by Crippen LogP contribution is 2.22. The number of nitrogens with one attached hydrogen (secondary N) is 1. The summed E-state index contributed by atoms with van der Waals surface area (Å²) in [4.78, 5) is 28.2. The van der Waals surface area contributed by atoms with E-state index < -0.39 is 6.04 Å². The van der Waals surface area contributed by atoms with Gasteiger partial charge in [-0.3, -0.25) is 9.59 Å². The monoisotopic (exact) mass is 514 g/mol. The molecule has 1 atom stereocenters. The molecule has 2 aromatic rings. The predicted octanol–water partition coefficient (Wildman–Crippen LogP) is 5.44. The van der Waals surface area contributed by atoms with Crippen LogP contribution in [0.25, 0.3) is 0 Å². The Morgan fingerprint density at radius 1 is 1.12 bits per heavy atom. The molecule has 0 saturated heterocycles. The van der Waals surface area contributed by atoms with Crippen molar-refractivity contribution in [2.24, 2.45) is 0 Å². The number of carbonyl (C=O) groups is 2. The standard InChI is InChI=1S/C27H35BrN2O3/c1-3-25(27(32)29-22-12-8-5-9-13-22)30(17-16-21-10-6-4-7-11-21)26(31)19-33-23-14-15-24(28)20(2)18-23/h4,6-7,10-11,14-15,18,22,25H,3,5,8-9,12-13,16-17,19H2,1-2H3,(H,29,32)/t25-/m0/s1. The van der Waals surface area contributed by atoms with Gasteiger partial charge in [-0.25, -0.2) is 0 Å². The Balaban J connectivity index is 1.70. The summed E-state index contributed by atoms with van der Waals surface area (Å²) in [6.07, 6.45) is 6.84. The molecule has 1 fully saturated rings. The van der Waals surface area contributed by atoms with Gasteiger partial charge < -0.3 is 15.0 Å². The number of benzene rings is 2. The van der Waals surface area contributed by atoms with Crippen LogP contribution >= 0.6 is 15.9 Å². The van der Waals surface area contributed by atoms with Crippen LogP contribution in [0.3, 0.4) is 0 Å². The first-order valence-corrected chi connectivity index (χ1v) is 12.8. The second-order valence-corrected chi connectivity index (χ2v) is 9.64.